The quantitative estimate of drug-likeness (QED) is 0.657. The molecule has 1 heteroatoms. The van der Waals surface area contributed by atoms with Gasteiger partial charge < -0.3 is 0 Å². The third-order valence-corrected chi connectivity index (χ3v) is 7.24. The Hall–Kier alpha value is -1.37. The van der Waals surface area contributed by atoms with Gasteiger partial charge in [0.1, 0.15) is 5.78 Å². The number of Topliss-reactive ketones (excluding diaryl/α,β-unsaturated/α-hetero) is 1. The van der Waals surface area contributed by atoms with Gasteiger partial charge >= 0.3 is 0 Å². The molecule has 120 valence electrons. The highest BCUT2D eigenvalue weighted by Crippen LogP contribution is 2.56. The maximum atomic E-state index is 13.0. The Morgan fingerprint density at radius 3 is 2.61 bits per heavy atom. The van der Waals surface area contributed by atoms with Crippen LogP contribution in [0.15, 0.2) is 29.8 Å². The number of hydrogen-bond donors (Lipinski definition) is 0. The van der Waals surface area contributed by atoms with Crippen LogP contribution >= 0.6 is 0 Å². The monoisotopic (exact) mass is 306 g/mol. The fourth-order valence-electron chi connectivity index (χ4n) is 5.90. The lowest BCUT2D eigenvalue weighted by molar-refractivity contribution is -0.131. The molecule has 2 bridgehead atoms. The third-order valence-electron chi connectivity index (χ3n) is 7.24. The summed E-state index contributed by atoms with van der Waals surface area (Å²) in [5.74, 6) is 1.89. The third kappa shape index (κ3) is 2.08. The SMILES string of the molecule is O=C1Cc2cc(C3CCCCC3)ccc2CC12CC1=CCC2C1. The van der Waals surface area contributed by atoms with E-state index in [1.54, 1.807) is 5.57 Å². The van der Waals surface area contributed by atoms with Crippen molar-refractivity contribution in [2.24, 2.45) is 11.3 Å². The molecule has 2 unspecified atom stereocenters. The maximum absolute atomic E-state index is 13.0. The lowest BCUT2D eigenvalue weighted by Gasteiger charge is -2.39. The van der Waals surface area contributed by atoms with Crippen LogP contribution in [0.2, 0.25) is 0 Å². The Balaban J connectivity index is 1.46. The molecular weight excluding hydrogens is 280 g/mol. The molecule has 2 fully saturated rings. The van der Waals surface area contributed by atoms with Crippen molar-refractivity contribution in [2.75, 3.05) is 0 Å². The van der Waals surface area contributed by atoms with E-state index in [0.717, 1.165) is 25.2 Å². The van der Waals surface area contributed by atoms with Crippen molar-refractivity contribution in [1.29, 1.82) is 0 Å². The van der Waals surface area contributed by atoms with Gasteiger partial charge in [-0.1, -0.05) is 49.1 Å². The first kappa shape index (κ1) is 14.0. The normalized spacial score (nSPS) is 33.1. The molecule has 0 amide bonds. The van der Waals surface area contributed by atoms with Gasteiger partial charge in [0.15, 0.2) is 0 Å². The van der Waals surface area contributed by atoms with E-state index in [1.165, 1.54) is 55.2 Å². The number of hydrogen-bond acceptors (Lipinski definition) is 1. The minimum absolute atomic E-state index is 0.0244. The molecular formula is C22H26O. The van der Waals surface area contributed by atoms with Crippen LogP contribution in [0.5, 0.6) is 0 Å². The molecule has 1 spiro atoms. The lowest BCUT2D eigenvalue weighted by atomic mass is 9.63. The van der Waals surface area contributed by atoms with Crippen molar-refractivity contribution < 1.29 is 4.79 Å². The predicted molar refractivity (Wildman–Crippen MR) is 92.5 cm³/mol. The number of carbonyl (C=O) groups is 1. The van der Waals surface area contributed by atoms with Crippen LogP contribution in [0.3, 0.4) is 0 Å². The molecule has 0 heterocycles. The van der Waals surface area contributed by atoms with Gasteiger partial charge in [-0.3, -0.25) is 4.79 Å². The summed E-state index contributed by atoms with van der Waals surface area (Å²) in [7, 11) is 0. The summed E-state index contributed by atoms with van der Waals surface area (Å²) in [5.41, 5.74) is 5.86. The second-order valence-corrected chi connectivity index (χ2v) is 8.47. The summed E-state index contributed by atoms with van der Waals surface area (Å²) < 4.78 is 0. The highest BCUT2D eigenvalue weighted by atomic mass is 16.1. The van der Waals surface area contributed by atoms with Crippen molar-refractivity contribution >= 4 is 5.78 Å². The summed E-state index contributed by atoms with van der Waals surface area (Å²) in [5, 5.41) is 0. The molecule has 0 radical (unpaired) electrons. The summed E-state index contributed by atoms with van der Waals surface area (Å²) in [6.07, 6.45) is 14.3. The van der Waals surface area contributed by atoms with Crippen LogP contribution < -0.4 is 0 Å². The van der Waals surface area contributed by atoms with Crippen LogP contribution in [0.25, 0.3) is 0 Å². The molecule has 1 aromatic rings. The second-order valence-electron chi connectivity index (χ2n) is 8.47. The number of ketones is 1. The number of fused-ring (bicyclic) bond motifs is 4. The molecule has 1 aromatic carbocycles. The lowest BCUT2D eigenvalue weighted by Crippen LogP contribution is -2.42. The standard InChI is InChI=1S/C22H26O/c23-21-12-19-11-17(16-4-2-1-3-5-16)7-8-18(19)14-22(21)13-15-6-9-20(22)10-15/h6-8,11,16,20H,1-5,9-10,12-14H2. The molecule has 5 rings (SSSR count). The predicted octanol–water partition coefficient (Wildman–Crippen LogP) is 5.13. The van der Waals surface area contributed by atoms with Crippen LogP contribution in [0.4, 0.5) is 0 Å². The highest BCUT2D eigenvalue weighted by molar-refractivity contribution is 5.90. The first-order chi connectivity index (χ1) is 11.2. The zero-order chi connectivity index (χ0) is 15.4. The molecule has 0 aromatic heterocycles. The molecule has 2 saturated carbocycles. The largest absolute Gasteiger partial charge is 0.299 e. The minimum Gasteiger partial charge on any atom is -0.299 e. The summed E-state index contributed by atoms with van der Waals surface area (Å²) >= 11 is 0. The van der Waals surface area contributed by atoms with E-state index in [1.807, 2.05) is 0 Å². The Morgan fingerprint density at radius 2 is 1.87 bits per heavy atom. The molecule has 2 atom stereocenters. The van der Waals surface area contributed by atoms with Gasteiger partial charge in [-0.25, -0.2) is 0 Å². The Bertz CT molecular complexity index is 692. The van der Waals surface area contributed by atoms with E-state index in [4.69, 9.17) is 0 Å². The van der Waals surface area contributed by atoms with Gasteiger partial charge in [-0.2, -0.15) is 0 Å². The van der Waals surface area contributed by atoms with E-state index < -0.39 is 0 Å². The molecule has 4 aliphatic carbocycles. The molecule has 23 heavy (non-hydrogen) atoms. The van der Waals surface area contributed by atoms with Crippen molar-refractivity contribution in [3.8, 4) is 0 Å². The zero-order valence-corrected chi connectivity index (χ0v) is 13.9. The maximum Gasteiger partial charge on any atom is 0.144 e. The summed E-state index contributed by atoms with van der Waals surface area (Å²) in [4.78, 5) is 13.0. The van der Waals surface area contributed by atoms with Crippen LogP contribution in [0, 0.1) is 11.3 Å². The van der Waals surface area contributed by atoms with Gasteiger partial charge in [-0.05, 0) is 67.1 Å². The van der Waals surface area contributed by atoms with E-state index in [-0.39, 0.29) is 5.41 Å². The molecule has 0 saturated heterocycles. The van der Waals surface area contributed by atoms with E-state index >= 15 is 0 Å². The van der Waals surface area contributed by atoms with Crippen molar-refractivity contribution in [1.82, 2.24) is 0 Å². The Morgan fingerprint density at radius 1 is 1.00 bits per heavy atom. The van der Waals surface area contributed by atoms with Crippen molar-refractivity contribution in [3.05, 3.63) is 46.5 Å². The van der Waals surface area contributed by atoms with Gasteiger partial charge in [0.25, 0.3) is 0 Å². The molecule has 0 aliphatic heterocycles. The van der Waals surface area contributed by atoms with E-state index in [0.29, 0.717) is 18.1 Å². The minimum atomic E-state index is -0.0244. The Kier molecular flexibility index (Phi) is 3.08. The highest BCUT2D eigenvalue weighted by Gasteiger charge is 2.53. The first-order valence-electron chi connectivity index (χ1n) is 9.57. The van der Waals surface area contributed by atoms with Gasteiger partial charge in [0, 0.05) is 11.8 Å². The topological polar surface area (TPSA) is 17.1 Å². The van der Waals surface area contributed by atoms with E-state index in [2.05, 4.69) is 24.3 Å². The summed E-state index contributed by atoms with van der Waals surface area (Å²) in [6.45, 7) is 0. The average molecular weight is 306 g/mol. The van der Waals surface area contributed by atoms with Gasteiger partial charge in [0.2, 0.25) is 0 Å². The number of allylic oxidation sites excluding steroid dienone is 2. The number of benzene rings is 1. The smallest absolute Gasteiger partial charge is 0.144 e. The zero-order valence-electron chi connectivity index (χ0n) is 13.9. The molecule has 1 nitrogen and oxygen atoms in total. The average Bonchev–Trinajstić information content (AvgIpc) is 3.18. The van der Waals surface area contributed by atoms with Gasteiger partial charge in [-0.15, -0.1) is 0 Å². The van der Waals surface area contributed by atoms with Crippen molar-refractivity contribution in [2.45, 2.75) is 70.1 Å². The molecule has 0 N–H and O–H groups in total. The first-order valence-corrected chi connectivity index (χ1v) is 9.57. The van der Waals surface area contributed by atoms with Crippen LogP contribution in [-0.4, -0.2) is 5.78 Å². The Labute approximate surface area is 139 Å². The number of carbonyl (C=O) groups excluding carboxylic acids is 1. The summed E-state index contributed by atoms with van der Waals surface area (Å²) in [6, 6.07) is 7.14. The van der Waals surface area contributed by atoms with Crippen LogP contribution in [-0.2, 0) is 17.6 Å². The van der Waals surface area contributed by atoms with Gasteiger partial charge in [0.05, 0.1) is 0 Å². The van der Waals surface area contributed by atoms with Crippen molar-refractivity contribution in [3.63, 3.8) is 0 Å². The molecule has 4 aliphatic rings. The van der Waals surface area contributed by atoms with Crippen LogP contribution in [0.1, 0.15) is 74.0 Å². The van der Waals surface area contributed by atoms with E-state index in [9.17, 15) is 4.79 Å². The fraction of sp³-hybridized carbons (Fsp3) is 0.591. The fourth-order valence-corrected chi connectivity index (χ4v) is 5.90. The number of rotatable bonds is 1. The second kappa shape index (κ2) is 5.06.